The van der Waals surface area contributed by atoms with Gasteiger partial charge in [-0.2, -0.15) is 0 Å². The quantitative estimate of drug-likeness (QED) is 0.397. The van der Waals surface area contributed by atoms with Crippen LogP contribution >= 0.6 is 15.9 Å². The monoisotopic (exact) mass is 502 g/mol. The van der Waals surface area contributed by atoms with Crippen LogP contribution in [-0.4, -0.2) is 20.2 Å². The molecule has 0 N–H and O–H groups in total. The van der Waals surface area contributed by atoms with Crippen LogP contribution in [0.4, 0.5) is 0 Å². The van der Waals surface area contributed by atoms with Gasteiger partial charge in [0, 0.05) is 18.0 Å². The van der Waals surface area contributed by atoms with E-state index in [9.17, 15) is 4.79 Å². The van der Waals surface area contributed by atoms with Crippen LogP contribution < -0.4 is 0 Å². The van der Waals surface area contributed by atoms with Crippen LogP contribution in [0.2, 0.25) is 0 Å². The van der Waals surface area contributed by atoms with E-state index in [1.54, 1.807) is 7.11 Å². The van der Waals surface area contributed by atoms with Gasteiger partial charge in [-0.15, -0.1) is 0 Å². The molecule has 0 heterocycles. The van der Waals surface area contributed by atoms with Crippen molar-refractivity contribution in [2.75, 3.05) is 14.2 Å². The van der Waals surface area contributed by atoms with Crippen molar-refractivity contribution in [3.63, 3.8) is 0 Å². The van der Waals surface area contributed by atoms with Gasteiger partial charge in [0.1, 0.15) is 6.61 Å². The maximum Gasteiger partial charge on any atom is 0.309 e. The smallest absolute Gasteiger partial charge is 0.309 e. The summed E-state index contributed by atoms with van der Waals surface area (Å²) in [7, 11) is 3.27. The molecule has 1 spiro atoms. The topological polar surface area (TPSA) is 44.8 Å². The summed E-state index contributed by atoms with van der Waals surface area (Å²) in [4.78, 5) is 12.2. The number of hydrogen-bond donors (Lipinski definition) is 0. The molecule has 0 bridgehead atoms. The third-order valence-corrected chi connectivity index (χ3v) is 8.25. The third kappa shape index (κ3) is 4.43. The molecule has 0 saturated heterocycles. The molecule has 2 fully saturated rings. The summed E-state index contributed by atoms with van der Waals surface area (Å²) in [6, 6.07) is 6.37. The second kappa shape index (κ2) is 8.98. The van der Waals surface area contributed by atoms with Crippen LogP contribution in [0.3, 0.4) is 0 Å². The zero-order valence-corrected chi connectivity index (χ0v) is 21.5. The zero-order valence-electron chi connectivity index (χ0n) is 19.9. The minimum absolute atomic E-state index is 0.0107. The number of benzene rings is 1. The van der Waals surface area contributed by atoms with Gasteiger partial charge in [-0.3, -0.25) is 4.79 Å². The van der Waals surface area contributed by atoms with E-state index in [0.29, 0.717) is 12.5 Å². The number of carbonyl (C=O) groups is 1. The molecule has 174 valence electrons. The average Bonchev–Trinajstić information content (AvgIpc) is 3.48. The average molecular weight is 503 g/mol. The summed E-state index contributed by atoms with van der Waals surface area (Å²) in [5.74, 6) is 1.42. The van der Waals surface area contributed by atoms with E-state index in [2.05, 4.69) is 67.1 Å². The van der Waals surface area contributed by atoms with Crippen molar-refractivity contribution in [2.24, 2.45) is 22.7 Å². The molecule has 4 atom stereocenters. The number of hydrogen-bond acceptors (Lipinski definition) is 4. The fraction of sp³-hybridized carbons (Fsp3) is 0.593. The first kappa shape index (κ1) is 23.6. The van der Waals surface area contributed by atoms with Gasteiger partial charge in [-0.05, 0) is 71.8 Å². The second-order valence-electron chi connectivity index (χ2n) is 10.6. The number of esters is 1. The van der Waals surface area contributed by atoms with Crippen molar-refractivity contribution in [3.05, 3.63) is 57.3 Å². The molecule has 5 heteroatoms. The minimum atomic E-state index is -0.0443. The van der Waals surface area contributed by atoms with Crippen molar-refractivity contribution in [2.45, 2.75) is 65.6 Å². The first-order chi connectivity index (χ1) is 15.2. The summed E-state index contributed by atoms with van der Waals surface area (Å²) < 4.78 is 18.3. The molecule has 0 amide bonds. The third-order valence-electron chi connectivity index (χ3n) is 7.53. The Morgan fingerprint density at radius 3 is 2.72 bits per heavy atom. The van der Waals surface area contributed by atoms with Gasteiger partial charge in [0.05, 0.1) is 24.9 Å². The fourth-order valence-electron chi connectivity index (χ4n) is 5.90. The number of methoxy groups -OCH3 is 2. The molecule has 1 unspecified atom stereocenters. The van der Waals surface area contributed by atoms with Crippen molar-refractivity contribution in [1.82, 2.24) is 0 Å². The van der Waals surface area contributed by atoms with Crippen molar-refractivity contribution >= 4 is 21.9 Å². The Hall–Kier alpha value is -1.59. The first-order valence-corrected chi connectivity index (χ1v) is 12.4. The Labute approximate surface area is 200 Å². The molecule has 0 aliphatic heterocycles. The van der Waals surface area contributed by atoms with Gasteiger partial charge in [0.25, 0.3) is 0 Å². The molecule has 32 heavy (non-hydrogen) atoms. The highest BCUT2D eigenvalue weighted by Crippen LogP contribution is 2.67. The Kier molecular flexibility index (Phi) is 6.61. The predicted octanol–water partition coefficient (Wildman–Crippen LogP) is 6.89. The predicted molar refractivity (Wildman–Crippen MR) is 129 cm³/mol. The molecular weight excluding hydrogens is 468 g/mol. The molecule has 4 rings (SSSR count). The van der Waals surface area contributed by atoms with E-state index in [1.807, 2.05) is 0 Å². The lowest BCUT2D eigenvalue weighted by molar-refractivity contribution is -0.143. The molecule has 4 nitrogen and oxygen atoms in total. The highest BCUT2D eigenvalue weighted by Gasteiger charge is 2.64. The van der Waals surface area contributed by atoms with Gasteiger partial charge in [-0.1, -0.05) is 54.4 Å². The lowest BCUT2D eigenvalue weighted by Crippen LogP contribution is -2.29. The van der Waals surface area contributed by atoms with Gasteiger partial charge in [0.2, 0.25) is 0 Å². The lowest BCUT2D eigenvalue weighted by atomic mass is 9.68. The standard InChI is InChI=1S/C27H35BrO4/c1-26(2,3)24(30-4)20-13-17(8-11-23(20)28)16-32-19-10-9-18-7-6-12-27(21(18)14-19)15-22(27)25(29)31-5/h8-11,13,21-22,24H,6-7,12,14-16H2,1-5H3/t21?,22-,24+,27-/m1/s1. The molecule has 1 aromatic rings. The molecule has 2 saturated carbocycles. The van der Waals surface area contributed by atoms with Crippen molar-refractivity contribution in [3.8, 4) is 0 Å². The minimum Gasteiger partial charge on any atom is -0.493 e. The SMILES string of the molecule is COC(=O)[C@H]1C[C@@]12CCCC1=CC=C(OCc3ccc(Br)c([C@H](OC)C(C)(C)C)c3)CC12. The van der Waals surface area contributed by atoms with Crippen LogP contribution in [-0.2, 0) is 25.6 Å². The Balaban J connectivity index is 1.46. The molecule has 0 radical (unpaired) electrons. The van der Waals surface area contributed by atoms with Gasteiger partial charge >= 0.3 is 5.97 Å². The first-order valence-electron chi connectivity index (χ1n) is 11.6. The Morgan fingerprint density at radius 1 is 1.25 bits per heavy atom. The number of allylic oxidation sites excluding steroid dienone is 4. The fourth-order valence-corrected chi connectivity index (χ4v) is 6.35. The van der Waals surface area contributed by atoms with E-state index < -0.39 is 0 Å². The van der Waals surface area contributed by atoms with E-state index in [4.69, 9.17) is 14.2 Å². The van der Waals surface area contributed by atoms with E-state index in [1.165, 1.54) is 12.7 Å². The maximum atomic E-state index is 12.2. The molecular formula is C27H35BrO4. The summed E-state index contributed by atoms with van der Waals surface area (Å²) in [6.07, 6.45) is 9.60. The van der Waals surface area contributed by atoms with Crippen molar-refractivity contribution in [1.29, 1.82) is 0 Å². The lowest BCUT2D eigenvalue weighted by Gasteiger charge is -2.37. The van der Waals surface area contributed by atoms with E-state index >= 15 is 0 Å². The van der Waals surface area contributed by atoms with Crippen LogP contribution in [0, 0.1) is 22.7 Å². The molecule has 0 aromatic heterocycles. The van der Waals surface area contributed by atoms with Crippen LogP contribution in [0.1, 0.15) is 70.1 Å². The van der Waals surface area contributed by atoms with Gasteiger partial charge in [-0.25, -0.2) is 0 Å². The number of fused-ring (bicyclic) bond motifs is 2. The molecule has 3 aliphatic rings. The zero-order chi connectivity index (χ0) is 23.1. The van der Waals surface area contributed by atoms with Crippen LogP contribution in [0.15, 0.2) is 46.2 Å². The maximum absolute atomic E-state index is 12.2. The normalized spacial score (nSPS) is 27.8. The van der Waals surface area contributed by atoms with E-state index in [0.717, 1.165) is 53.5 Å². The van der Waals surface area contributed by atoms with Crippen LogP contribution in [0.25, 0.3) is 0 Å². The number of carbonyl (C=O) groups excluding carboxylic acids is 1. The highest BCUT2D eigenvalue weighted by molar-refractivity contribution is 9.10. The molecule has 3 aliphatic carbocycles. The molecule has 1 aromatic carbocycles. The number of halogens is 1. The Bertz CT molecular complexity index is 941. The van der Waals surface area contributed by atoms with Crippen LogP contribution in [0.5, 0.6) is 0 Å². The van der Waals surface area contributed by atoms with E-state index in [-0.39, 0.29) is 28.8 Å². The van der Waals surface area contributed by atoms with Gasteiger partial charge in [0.15, 0.2) is 0 Å². The van der Waals surface area contributed by atoms with Gasteiger partial charge < -0.3 is 14.2 Å². The number of rotatable bonds is 6. The second-order valence-corrected chi connectivity index (χ2v) is 11.5. The highest BCUT2D eigenvalue weighted by atomic mass is 79.9. The summed E-state index contributed by atoms with van der Waals surface area (Å²) in [6.45, 7) is 7.09. The summed E-state index contributed by atoms with van der Waals surface area (Å²) >= 11 is 3.70. The number of ether oxygens (including phenoxy) is 3. The van der Waals surface area contributed by atoms with Crippen molar-refractivity contribution < 1.29 is 19.0 Å². The Morgan fingerprint density at radius 2 is 2.03 bits per heavy atom. The summed E-state index contributed by atoms with van der Waals surface area (Å²) in [5, 5.41) is 0. The summed E-state index contributed by atoms with van der Waals surface area (Å²) in [5.41, 5.74) is 3.82. The largest absolute Gasteiger partial charge is 0.493 e.